The fourth-order valence-corrected chi connectivity index (χ4v) is 3.65. The van der Waals surface area contributed by atoms with E-state index in [0.29, 0.717) is 11.3 Å². The first-order chi connectivity index (χ1) is 10.7. The second-order valence-electron chi connectivity index (χ2n) is 6.84. The lowest BCUT2D eigenvalue weighted by molar-refractivity contribution is 0.156. The average molecular weight is 439 g/mol. The number of hydrogen-bond donors (Lipinski definition) is 2. The van der Waals surface area contributed by atoms with Gasteiger partial charge in [0, 0.05) is 44.8 Å². The Hall–Kier alpha value is -0.0800. The molecule has 0 aromatic heterocycles. The highest BCUT2D eigenvalue weighted by atomic mass is 127. The molecule has 2 N–H and O–H groups in total. The number of hydrogen-bond acceptors (Lipinski definition) is 3. The van der Waals surface area contributed by atoms with Gasteiger partial charge in [-0.05, 0) is 38.5 Å². The third-order valence-corrected chi connectivity index (χ3v) is 4.99. The van der Waals surface area contributed by atoms with E-state index < -0.39 is 0 Å². The molecule has 0 radical (unpaired) electrons. The van der Waals surface area contributed by atoms with Crippen LogP contribution >= 0.6 is 24.0 Å². The lowest BCUT2D eigenvalue weighted by Gasteiger charge is -2.25. The molecule has 2 fully saturated rings. The van der Waals surface area contributed by atoms with Crippen molar-refractivity contribution in [1.29, 1.82) is 0 Å². The molecule has 136 valence electrons. The largest absolute Gasteiger partial charge is 0.396 e. The molecule has 0 amide bonds. The van der Waals surface area contributed by atoms with Crippen molar-refractivity contribution in [3.05, 3.63) is 0 Å². The minimum absolute atomic E-state index is 0. The zero-order valence-electron chi connectivity index (χ0n) is 14.7. The maximum absolute atomic E-state index is 9.19. The summed E-state index contributed by atoms with van der Waals surface area (Å²) in [6, 6.07) is 0. The molecule has 2 aliphatic heterocycles. The number of aliphatic hydroxyl groups excluding tert-OH is 1. The van der Waals surface area contributed by atoms with E-state index in [9.17, 15) is 5.11 Å². The number of nitrogens with zero attached hydrogens (tertiary/aromatic N) is 2. The number of halogens is 1. The molecule has 0 aromatic carbocycles. The lowest BCUT2D eigenvalue weighted by Crippen LogP contribution is -2.41. The summed E-state index contributed by atoms with van der Waals surface area (Å²) in [5.41, 5.74) is 0.365. The van der Waals surface area contributed by atoms with Gasteiger partial charge in [0.1, 0.15) is 0 Å². The molecular formula is C17H34IN3O2. The van der Waals surface area contributed by atoms with Crippen molar-refractivity contribution in [2.45, 2.75) is 46.0 Å². The lowest BCUT2D eigenvalue weighted by atomic mass is 9.87. The highest BCUT2D eigenvalue weighted by molar-refractivity contribution is 14.0. The van der Waals surface area contributed by atoms with Gasteiger partial charge in [0.25, 0.3) is 0 Å². The zero-order valence-corrected chi connectivity index (χ0v) is 17.1. The maximum atomic E-state index is 9.19. The second kappa shape index (κ2) is 10.7. The monoisotopic (exact) mass is 439 g/mol. The van der Waals surface area contributed by atoms with Gasteiger partial charge in [-0.3, -0.25) is 4.99 Å². The number of rotatable bonds is 7. The van der Waals surface area contributed by atoms with Crippen molar-refractivity contribution in [3.63, 3.8) is 0 Å². The number of aliphatic imine (C=N–C) groups is 1. The molecule has 6 heteroatoms. The quantitative estimate of drug-likeness (QED) is 0.364. The molecule has 1 spiro atoms. The van der Waals surface area contributed by atoms with E-state index in [1.807, 2.05) is 0 Å². The number of likely N-dealkylation sites (tertiary alicyclic amines) is 1. The van der Waals surface area contributed by atoms with Crippen molar-refractivity contribution in [2.75, 3.05) is 46.0 Å². The average Bonchev–Trinajstić information content (AvgIpc) is 3.14. The molecule has 0 aliphatic carbocycles. The Kier molecular flexibility index (Phi) is 9.77. The van der Waals surface area contributed by atoms with E-state index in [-0.39, 0.29) is 30.6 Å². The van der Waals surface area contributed by atoms with Crippen molar-refractivity contribution >= 4 is 29.9 Å². The fraction of sp³-hybridized carbons (Fsp3) is 0.941. The molecular weight excluding hydrogens is 405 g/mol. The van der Waals surface area contributed by atoms with Gasteiger partial charge >= 0.3 is 0 Å². The Labute approximate surface area is 158 Å². The molecule has 2 atom stereocenters. The van der Waals surface area contributed by atoms with Gasteiger partial charge in [-0.25, -0.2) is 0 Å². The maximum Gasteiger partial charge on any atom is 0.193 e. The number of guanidine groups is 1. The number of aliphatic hydroxyl groups is 1. The van der Waals surface area contributed by atoms with E-state index in [0.717, 1.165) is 64.6 Å². The first-order valence-electron chi connectivity index (χ1n) is 8.95. The van der Waals surface area contributed by atoms with E-state index in [1.165, 1.54) is 12.8 Å². The summed E-state index contributed by atoms with van der Waals surface area (Å²) in [5.74, 6) is 1.54. The van der Waals surface area contributed by atoms with Crippen molar-refractivity contribution < 1.29 is 9.84 Å². The topological polar surface area (TPSA) is 57.1 Å². The van der Waals surface area contributed by atoms with Gasteiger partial charge in [-0.1, -0.05) is 13.3 Å². The van der Waals surface area contributed by atoms with Crippen LogP contribution < -0.4 is 5.32 Å². The second-order valence-corrected chi connectivity index (χ2v) is 6.84. The Balaban J connectivity index is 0.00000264. The summed E-state index contributed by atoms with van der Waals surface area (Å²) < 4.78 is 5.62. The highest BCUT2D eigenvalue weighted by Gasteiger charge is 2.42. The van der Waals surface area contributed by atoms with Gasteiger partial charge in [0.05, 0.1) is 6.61 Å². The summed E-state index contributed by atoms with van der Waals surface area (Å²) >= 11 is 0. The standard InChI is InChI=1S/C17H33N3O2.HI/c1-3-5-15(6-10-21)12-19-16(18-4-2)20-9-7-17(13-20)8-11-22-14-17;/h15,21H,3-14H2,1-2H3,(H,18,19);1H. The summed E-state index contributed by atoms with van der Waals surface area (Å²) in [6.45, 7) is 10.3. The van der Waals surface area contributed by atoms with Crippen LogP contribution in [-0.2, 0) is 4.74 Å². The first-order valence-corrected chi connectivity index (χ1v) is 8.95. The Morgan fingerprint density at radius 2 is 2.17 bits per heavy atom. The number of nitrogens with one attached hydrogen (secondary N) is 1. The Morgan fingerprint density at radius 3 is 2.78 bits per heavy atom. The molecule has 2 saturated heterocycles. The van der Waals surface area contributed by atoms with Crippen LogP contribution in [0.4, 0.5) is 0 Å². The molecule has 0 saturated carbocycles. The number of ether oxygens (including phenoxy) is 1. The molecule has 2 unspecified atom stereocenters. The summed E-state index contributed by atoms with van der Waals surface area (Å²) in [5, 5.41) is 12.6. The van der Waals surface area contributed by atoms with Crippen LogP contribution in [0.3, 0.4) is 0 Å². The summed E-state index contributed by atoms with van der Waals surface area (Å²) in [7, 11) is 0. The van der Waals surface area contributed by atoms with Gasteiger partial charge < -0.3 is 20.1 Å². The normalized spacial score (nSPS) is 25.7. The molecule has 2 rings (SSSR count). The Morgan fingerprint density at radius 1 is 1.35 bits per heavy atom. The fourth-order valence-electron chi connectivity index (χ4n) is 3.65. The van der Waals surface area contributed by atoms with E-state index in [4.69, 9.17) is 9.73 Å². The SMILES string of the molecule is CCCC(CCO)CN=C(NCC)N1CCC2(CCOC2)C1.I. The van der Waals surface area contributed by atoms with Crippen molar-refractivity contribution in [3.8, 4) is 0 Å². The minimum atomic E-state index is 0. The Bertz CT molecular complexity index is 354. The van der Waals surface area contributed by atoms with Crippen LogP contribution in [-0.4, -0.2) is 62.0 Å². The van der Waals surface area contributed by atoms with Gasteiger partial charge in [0.2, 0.25) is 0 Å². The van der Waals surface area contributed by atoms with E-state index >= 15 is 0 Å². The third kappa shape index (κ3) is 6.05. The van der Waals surface area contributed by atoms with Crippen LogP contribution in [0, 0.1) is 11.3 Å². The summed E-state index contributed by atoms with van der Waals surface area (Å²) in [4.78, 5) is 7.27. The molecule has 0 bridgehead atoms. The smallest absolute Gasteiger partial charge is 0.193 e. The van der Waals surface area contributed by atoms with Gasteiger partial charge in [-0.2, -0.15) is 0 Å². The van der Waals surface area contributed by atoms with Gasteiger partial charge in [0.15, 0.2) is 5.96 Å². The molecule has 2 aliphatic rings. The summed E-state index contributed by atoms with van der Waals surface area (Å²) in [6.07, 6.45) is 5.55. The molecule has 0 aromatic rings. The minimum Gasteiger partial charge on any atom is -0.396 e. The first kappa shape index (κ1) is 21.0. The van der Waals surface area contributed by atoms with Crippen molar-refractivity contribution in [2.24, 2.45) is 16.3 Å². The van der Waals surface area contributed by atoms with Gasteiger partial charge in [-0.15, -0.1) is 24.0 Å². The third-order valence-electron chi connectivity index (χ3n) is 4.99. The predicted octanol–water partition coefficient (Wildman–Crippen LogP) is 2.48. The van der Waals surface area contributed by atoms with E-state index in [1.54, 1.807) is 0 Å². The van der Waals surface area contributed by atoms with Crippen LogP contribution in [0.1, 0.15) is 46.0 Å². The predicted molar refractivity (Wildman–Crippen MR) is 106 cm³/mol. The van der Waals surface area contributed by atoms with Crippen LogP contribution in [0.2, 0.25) is 0 Å². The highest BCUT2D eigenvalue weighted by Crippen LogP contribution is 2.38. The molecule has 2 heterocycles. The zero-order chi connectivity index (χ0) is 15.8. The van der Waals surface area contributed by atoms with Crippen LogP contribution in [0.15, 0.2) is 4.99 Å². The molecule has 23 heavy (non-hydrogen) atoms. The van der Waals surface area contributed by atoms with Crippen molar-refractivity contribution in [1.82, 2.24) is 10.2 Å². The van der Waals surface area contributed by atoms with Crippen LogP contribution in [0.25, 0.3) is 0 Å². The molecule has 5 nitrogen and oxygen atoms in total. The van der Waals surface area contributed by atoms with E-state index in [2.05, 4.69) is 24.1 Å². The van der Waals surface area contributed by atoms with Crippen LogP contribution in [0.5, 0.6) is 0 Å².